The predicted molar refractivity (Wildman–Crippen MR) is 26.0 cm³/mol. The van der Waals surface area contributed by atoms with Gasteiger partial charge in [0, 0.05) is 0 Å². The molecule has 0 atom stereocenters. The summed E-state index contributed by atoms with van der Waals surface area (Å²) in [6.07, 6.45) is 2.62. The van der Waals surface area contributed by atoms with Gasteiger partial charge in [-0.3, -0.25) is 0 Å². The van der Waals surface area contributed by atoms with E-state index < -0.39 is 0 Å². The Morgan fingerprint density at radius 3 is 1.62 bits per heavy atom. The summed E-state index contributed by atoms with van der Waals surface area (Å²) in [6.45, 7) is 0.442. The summed E-state index contributed by atoms with van der Waals surface area (Å²) >= 11 is 0. The number of isocyanates is 2. The fourth-order valence-corrected chi connectivity index (χ4v) is 0.191. The van der Waals surface area contributed by atoms with Gasteiger partial charge in [-0.1, -0.05) is 0 Å². The first-order chi connectivity index (χ1) is 3.91. The highest BCUT2D eigenvalue weighted by atomic mass is 16.1. The second-order valence-corrected chi connectivity index (χ2v) is 0.946. The number of aliphatic imine (C=N–C) groups is 2. The molecule has 8 heavy (non-hydrogen) atoms. The quantitative estimate of drug-likeness (QED) is 0.285. The van der Waals surface area contributed by atoms with Crippen molar-refractivity contribution in [1.82, 2.24) is 0 Å². The molecule has 0 unspecified atom stereocenters. The molecule has 42 valence electrons. The highest BCUT2D eigenvalue weighted by Gasteiger charge is 1.73. The molecule has 0 amide bonds. The number of hydrogen-bond donors (Lipinski definition) is 0. The Kier molecular flexibility index (Phi) is 4.87. The van der Waals surface area contributed by atoms with E-state index in [1.54, 1.807) is 0 Å². The Bertz CT molecular complexity index is 124. The molecule has 0 aliphatic carbocycles. The van der Waals surface area contributed by atoms with Gasteiger partial charge < -0.3 is 0 Å². The van der Waals surface area contributed by atoms with E-state index in [9.17, 15) is 9.59 Å². The molecule has 0 spiro atoms. The first kappa shape index (κ1) is 6.76. The summed E-state index contributed by atoms with van der Waals surface area (Å²) in [5.41, 5.74) is 0. The fraction of sp³-hybridized carbons (Fsp3) is 0.500. The summed E-state index contributed by atoms with van der Waals surface area (Å²) in [6, 6.07) is 0. The van der Waals surface area contributed by atoms with Crippen LogP contribution in [-0.4, -0.2) is 25.2 Å². The van der Waals surface area contributed by atoms with Crippen molar-refractivity contribution >= 4 is 12.2 Å². The molecule has 0 saturated carbocycles. The van der Waals surface area contributed by atoms with Crippen LogP contribution in [0.3, 0.4) is 0 Å². The average molecular weight is 112 g/mol. The lowest BCUT2D eigenvalue weighted by atomic mass is 10.7. The van der Waals surface area contributed by atoms with Crippen LogP contribution in [0.1, 0.15) is 0 Å². The normalized spacial score (nSPS) is 6.50. The minimum atomic E-state index is 0.221. The lowest BCUT2D eigenvalue weighted by Gasteiger charge is -1.74. The van der Waals surface area contributed by atoms with Gasteiger partial charge in [-0.25, -0.2) is 19.6 Å². The van der Waals surface area contributed by atoms with Gasteiger partial charge in [0.15, 0.2) is 0 Å². The van der Waals surface area contributed by atoms with E-state index >= 15 is 0 Å². The standard InChI is InChI=1S/C4H4N2O2/c7-3-5-1-2-6-4-8/h1-2H2. The lowest BCUT2D eigenvalue weighted by molar-refractivity contribution is 0.560. The molecule has 0 N–H and O–H groups in total. The zero-order valence-corrected chi connectivity index (χ0v) is 4.13. The Balaban J connectivity index is 3.18. The van der Waals surface area contributed by atoms with Crippen molar-refractivity contribution in [1.29, 1.82) is 0 Å². The SMILES string of the molecule is O=C=NCCN=C=O. The van der Waals surface area contributed by atoms with Crippen LogP contribution < -0.4 is 0 Å². The van der Waals surface area contributed by atoms with Gasteiger partial charge in [0.25, 0.3) is 0 Å². The van der Waals surface area contributed by atoms with Gasteiger partial charge in [-0.15, -0.1) is 0 Å². The summed E-state index contributed by atoms with van der Waals surface area (Å²) in [4.78, 5) is 24.9. The lowest BCUT2D eigenvalue weighted by Crippen LogP contribution is -1.82. The monoisotopic (exact) mass is 112 g/mol. The van der Waals surface area contributed by atoms with Gasteiger partial charge in [-0.05, 0) is 0 Å². The van der Waals surface area contributed by atoms with Crippen LogP contribution in [0.4, 0.5) is 0 Å². The molecule has 4 nitrogen and oxygen atoms in total. The maximum atomic E-state index is 9.34. The van der Waals surface area contributed by atoms with E-state index in [-0.39, 0.29) is 13.1 Å². The zero-order valence-electron chi connectivity index (χ0n) is 4.13. The molecule has 0 aliphatic heterocycles. The maximum Gasteiger partial charge on any atom is 0.235 e. The number of hydrogen-bond acceptors (Lipinski definition) is 4. The van der Waals surface area contributed by atoms with E-state index in [2.05, 4.69) is 9.98 Å². The summed E-state index contributed by atoms with van der Waals surface area (Å²) in [5.74, 6) is 0. The van der Waals surface area contributed by atoms with Gasteiger partial charge >= 0.3 is 0 Å². The number of carbonyl (C=O) groups excluding carboxylic acids is 2. The Hall–Kier alpha value is -1.24. The summed E-state index contributed by atoms with van der Waals surface area (Å²) in [5, 5.41) is 0. The second-order valence-electron chi connectivity index (χ2n) is 0.946. The number of nitrogens with zero attached hydrogens (tertiary/aromatic N) is 2. The van der Waals surface area contributed by atoms with Crippen LogP contribution in [0.25, 0.3) is 0 Å². The molecule has 0 aliphatic rings. The van der Waals surface area contributed by atoms with Crippen molar-refractivity contribution in [3.8, 4) is 0 Å². The number of rotatable bonds is 3. The van der Waals surface area contributed by atoms with E-state index in [0.29, 0.717) is 0 Å². The van der Waals surface area contributed by atoms with Crippen molar-refractivity contribution in [2.45, 2.75) is 0 Å². The molecule has 0 radical (unpaired) electrons. The molecule has 0 aromatic heterocycles. The van der Waals surface area contributed by atoms with Gasteiger partial charge in [0.1, 0.15) is 0 Å². The molecular weight excluding hydrogens is 108 g/mol. The van der Waals surface area contributed by atoms with E-state index in [4.69, 9.17) is 0 Å². The van der Waals surface area contributed by atoms with Crippen molar-refractivity contribution in [2.75, 3.05) is 13.1 Å². The minimum Gasteiger partial charge on any atom is -0.211 e. The Morgan fingerprint density at radius 2 is 1.38 bits per heavy atom. The van der Waals surface area contributed by atoms with E-state index in [0.717, 1.165) is 0 Å². The van der Waals surface area contributed by atoms with Crippen LogP contribution in [-0.2, 0) is 9.59 Å². The Morgan fingerprint density at radius 1 is 1.00 bits per heavy atom. The molecule has 0 bridgehead atoms. The van der Waals surface area contributed by atoms with Crippen LogP contribution in [0, 0.1) is 0 Å². The first-order valence-electron chi connectivity index (χ1n) is 1.99. The molecule has 0 saturated heterocycles. The van der Waals surface area contributed by atoms with Gasteiger partial charge in [-0.2, -0.15) is 0 Å². The van der Waals surface area contributed by atoms with E-state index in [1.165, 1.54) is 12.2 Å². The largest absolute Gasteiger partial charge is 0.235 e. The van der Waals surface area contributed by atoms with Crippen LogP contribution in [0.5, 0.6) is 0 Å². The molecular formula is C4H4N2O2. The molecule has 0 aromatic carbocycles. The van der Waals surface area contributed by atoms with Gasteiger partial charge in [0.05, 0.1) is 13.1 Å². The van der Waals surface area contributed by atoms with Crippen LogP contribution in [0.15, 0.2) is 9.98 Å². The van der Waals surface area contributed by atoms with Gasteiger partial charge in [0.2, 0.25) is 12.2 Å². The predicted octanol–water partition coefficient (Wildman–Crippen LogP) is -0.342. The van der Waals surface area contributed by atoms with Crippen LogP contribution in [0.2, 0.25) is 0 Å². The zero-order chi connectivity index (χ0) is 6.24. The third kappa shape index (κ3) is 4.76. The maximum absolute atomic E-state index is 9.34. The van der Waals surface area contributed by atoms with Crippen molar-refractivity contribution in [2.24, 2.45) is 9.98 Å². The first-order valence-corrected chi connectivity index (χ1v) is 1.99. The van der Waals surface area contributed by atoms with Crippen molar-refractivity contribution in [3.63, 3.8) is 0 Å². The highest BCUT2D eigenvalue weighted by Crippen LogP contribution is 1.66. The minimum absolute atomic E-state index is 0.221. The van der Waals surface area contributed by atoms with Crippen LogP contribution >= 0.6 is 0 Å². The summed E-state index contributed by atoms with van der Waals surface area (Å²) < 4.78 is 0. The molecule has 0 aromatic rings. The molecule has 0 heterocycles. The molecule has 4 heteroatoms. The molecule has 0 fully saturated rings. The highest BCUT2D eigenvalue weighted by molar-refractivity contribution is 5.34. The van der Waals surface area contributed by atoms with Crippen molar-refractivity contribution in [3.05, 3.63) is 0 Å². The smallest absolute Gasteiger partial charge is 0.211 e. The third-order valence-corrected chi connectivity index (χ3v) is 0.453. The third-order valence-electron chi connectivity index (χ3n) is 0.453. The Labute approximate surface area is 45.9 Å². The second kappa shape index (κ2) is 5.76. The fourth-order valence-electron chi connectivity index (χ4n) is 0.191. The molecule has 0 rings (SSSR count). The topological polar surface area (TPSA) is 58.9 Å². The summed E-state index contributed by atoms with van der Waals surface area (Å²) in [7, 11) is 0. The van der Waals surface area contributed by atoms with Crippen molar-refractivity contribution < 1.29 is 9.59 Å². The van der Waals surface area contributed by atoms with E-state index in [1.807, 2.05) is 0 Å². The average Bonchev–Trinajstić information content (AvgIpc) is 1.81.